The van der Waals surface area contributed by atoms with Crippen LogP contribution in [0, 0.1) is 5.92 Å². The Morgan fingerprint density at radius 2 is 1.91 bits per heavy atom. The SMILES string of the molecule is C=CC[C@@H](CO)C[C@H](O)CO. The largest absolute Gasteiger partial charge is 0.396 e. The van der Waals surface area contributed by atoms with Gasteiger partial charge in [0.05, 0.1) is 12.7 Å². The number of aliphatic hydroxyl groups is 3. The van der Waals surface area contributed by atoms with Crippen LogP contribution in [0.25, 0.3) is 0 Å². The van der Waals surface area contributed by atoms with E-state index in [-0.39, 0.29) is 19.1 Å². The first-order valence-corrected chi connectivity index (χ1v) is 3.75. The molecular formula is C8H16O3. The Balaban J connectivity index is 3.57. The molecule has 0 saturated carbocycles. The summed E-state index contributed by atoms with van der Waals surface area (Å²) in [6.45, 7) is 3.31. The van der Waals surface area contributed by atoms with Crippen LogP contribution in [-0.4, -0.2) is 34.6 Å². The van der Waals surface area contributed by atoms with E-state index in [1.807, 2.05) is 0 Å². The Bertz CT molecular complexity index is 104. The fourth-order valence-electron chi connectivity index (χ4n) is 0.940. The lowest BCUT2D eigenvalue weighted by Crippen LogP contribution is -2.19. The van der Waals surface area contributed by atoms with E-state index in [1.165, 1.54) is 0 Å². The topological polar surface area (TPSA) is 60.7 Å². The highest BCUT2D eigenvalue weighted by Gasteiger charge is 2.10. The molecule has 0 aliphatic heterocycles. The average molecular weight is 160 g/mol. The van der Waals surface area contributed by atoms with Gasteiger partial charge in [-0.25, -0.2) is 0 Å². The Kier molecular flexibility index (Phi) is 6.12. The van der Waals surface area contributed by atoms with Crippen LogP contribution in [0.5, 0.6) is 0 Å². The summed E-state index contributed by atoms with van der Waals surface area (Å²) in [6, 6.07) is 0. The van der Waals surface area contributed by atoms with Gasteiger partial charge in [-0.3, -0.25) is 0 Å². The molecule has 0 aliphatic carbocycles. The molecule has 0 spiro atoms. The minimum atomic E-state index is -0.716. The molecule has 0 aliphatic rings. The summed E-state index contributed by atoms with van der Waals surface area (Å²) in [5, 5.41) is 26.2. The molecule has 3 nitrogen and oxygen atoms in total. The lowest BCUT2D eigenvalue weighted by molar-refractivity contribution is 0.0631. The quantitative estimate of drug-likeness (QED) is 0.476. The summed E-state index contributed by atoms with van der Waals surface area (Å²) in [5.74, 6) is 0.0228. The van der Waals surface area contributed by atoms with Gasteiger partial charge < -0.3 is 15.3 Å². The Morgan fingerprint density at radius 1 is 1.27 bits per heavy atom. The Morgan fingerprint density at radius 3 is 2.27 bits per heavy atom. The van der Waals surface area contributed by atoms with E-state index in [1.54, 1.807) is 6.08 Å². The molecule has 2 atom stereocenters. The smallest absolute Gasteiger partial charge is 0.0774 e. The predicted molar refractivity (Wildman–Crippen MR) is 43.1 cm³/mol. The summed E-state index contributed by atoms with van der Waals surface area (Å²) < 4.78 is 0. The van der Waals surface area contributed by atoms with Crippen molar-refractivity contribution in [3.05, 3.63) is 12.7 Å². The first kappa shape index (κ1) is 10.6. The van der Waals surface area contributed by atoms with E-state index in [4.69, 9.17) is 15.3 Å². The van der Waals surface area contributed by atoms with Crippen LogP contribution in [0.4, 0.5) is 0 Å². The fraction of sp³-hybridized carbons (Fsp3) is 0.750. The van der Waals surface area contributed by atoms with Gasteiger partial charge in [-0.1, -0.05) is 6.08 Å². The number of hydrogen-bond donors (Lipinski definition) is 3. The van der Waals surface area contributed by atoms with Gasteiger partial charge in [0.2, 0.25) is 0 Å². The highest BCUT2D eigenvalue weighted by Crippen LogP contribution is 2.10. The summed E-state index contributed by atoms with van der Waals surface area (Å²) in [4.78, 5) is 0. The van der Waals surface area contributed by atoms with E-state index >= 15 is 0 Å². The van der Waals surface area contributed by atoms with Gasteiger partial charge in [-0.15, -0.1) is 6.58 Å². The normalized spacial score (nSPS) is 15.9. The molecule has 0 unspecified atom stereocenters. The van der Waals surface area contributed by atoms with E-state index in [9.17, 15) is 0 Å². The van der Waals surface area contributed by atoms with Crippen LogP contribution in [0.1, 0.15) is 12.8 Å². The molecule has 3 N–H and O–H groups in total. The van der Waals surface area contributed by atoms with Crippen molar-refractivity contribution < 1.29 is 15.3 Å². The molecular weight excluding hydrogens is 144 g/mol. The second-order valence-electron chi connectivity index (χ2n) is 2.65. The van der Waals surface area contributed by atoms with Crippen molar-refractivity contribution in [2.75, 3.05) is 13.2 Å². The lowest BCUT2D eigenvalue weighted by atomic mass is 9.99. The zero-order valence-electron chi connectivity index (χ0n) is 6.61. The molecule has 0 heterocycles. The van der Waals surface area contributed by atoms with Crippen molar-refractivity contribution in [2.24, 2.45) is 5.92 Å². The van der Waals surface area contributed by atoms with Crippen molar-refractivity contribution in [2.45, 2.75) is 18.9 Å². The molecule has 0 rings (SSSR count). The third-order valence-corrected chi connectivity index (χ3v) is 1.57. The summed E-state index contributed by atoms with van der Waals surface area (Å²) >= 11 is 0. The molecule has 0 aromatic rings. The van der Waals surface area contributed by atoms with Crippen LogP contribution in [-0.2, 0) is 0 Å². The van der Waals surface area contributed by atoms with Gasteiger partial charge in [-0.2, -0.15) is 0 Å². The van der Waals surface area contributed by atoms with Crippen LogP contribution in [0.15, 0.2) is 12.7 Å². The fourth-order valence-corrected chi connectivity index (χ4v) is 0.940. The lowest BCUT2D eigenvalue weighted by Gasteiger charge is -2.14. The Labute approximate surface area is 67.0 Å². The summed E-state index contributed by atoms with van der Waals surface area (Å²) in [7, 11) is 0. The maximum absolute atomic E-state index is 8.99. The number of rotatable bonds is 6. The molecule has 11 heavy (non-hydrogen) atoms. The molecule has 3 heteroatoms. The van der Waals surface area contributed by atoms with Crippen molar-refractivity contribution in [3.63, 3.8) is 0 Å². The third kappa shape index (κ3) is 4.95. The number of hydrogen-bond acceptors (Lipinski definition) is 3. The second-order valence-corrected chi connectivity index (χ2v) is 2.65. The monoisotopic (exact) mass is 160 g/mol. The first-order valence-electron chi connectivity index (χ1n) is 3.75. The highest BCUT2D eigenvalue weighted by molar-refractivity contribution is 4.74. The van der Waals surface area contributed by atoms with Crippen molar-refractivity contribution in [1.29, 1.82) is 0 Å². The third-order valence-electron chi connectivity index (χ3n) is 1.57. The minimum Gasteiger partial charge on any atom is -0.396 e. The highest BCUT2D eigenvalue weighted by atomic mass is 16.3. The molecule has 0 aromatic carbocycles. The molecule has 66 valence electrons. The maximum Gasteiger partial charge on any atom is 0.0774 e. The Hall–Kier alpha value is -0.380. The predicted octanol–water partition coefficient (Wildman–Crippen LogP) is -0.0857. The maximum atomic E-state index is 8.99. The summed E-state index contributed by atoms with van der Waals surface area (Å²) in [6.07, 6.45) is 2.09. The van der Waals surface area contributed by atoms with Gasteiger partial charge in [-0.05, 0) is 18.8 Å². The van der Waals surface area contributed by atoms with Gasteiger partial charge in [0.25, 0.3) is 0 Å². The molecule has 0 radical (unpaired) electrons. The van der Waals surface area contributed by atoms with E-state index in [0.29, 0.717) is 12.8 Å². The first-order chi connectivity index (χ1) is 5.24. The van der Waals surface area contributed by atoms with Gasteiger partial charge in [0.15, 0.2) is 0 Å². The zero-order valence-corrected chi connectivity index (χ0v) is 6.61. The van der Waals surface area contributed by atoms with E-state index < -0.39 is 6.10 Å². The van der Waals surface area contributed by atoms with Gasteiger partial charge in [0.1, 0.15) is 0 Å². The average Bonchev–Trinajstić information content (AvgIpc) is 2.03. The van der Waals surface area contributed by atoms with Crippen LogP contribution in [0.2, 0.25) is 0 Å². The molecule has 0 amide bonds. The molecule has 0 saturated heterocycles. The van der Waals surface area contributed by atoms with Crippen LogP contribution in [0.3, 0.4) is 0 Å². The van der Waals surface area contributed by atoms with Crippen LogP contribution < -0.4 is 0 Å². The van der Waals surface area contributed by atoms with Crippen molar-refractivity contribution in [3.8, 4) is 0 Å². The van der Waals surface area contributed by atoms with Crippen LogP contribution >= 0.6 is 0 Å². The minimum absolute atomic E-state index is 0.0228. The van der Waals surface area contributed by atoms with Crippen molar-refractivity contribution >= 4 is 0 Å². The number of aliphatic hydroxyl groups excluding tert-OH is 3. The van der Waals surface area contributed by atoms with E-state index in [2.05, 4.69) is 6.58 Å². The molecule has 0 fully saturated rings. The van der Waals surface area contributed by atoms with Gasteiger partial charge >= 0.3 is 0 Å². The van der Waals surface area contributed by atoms with E-state index in [0.717, 1.165) is 0 Å². The second kappa shape index (κ2) is 6.34. The molecule has 0 aromatic heterocycles. The summed E-state index contributed by atoms with van der Waals surface area (Å²) in [5.41, 5.74) is 0. The standard InChI is InChI=1S/C8H16O3/c1-2-3-7(5-9)4-8(11)6-10/h2,7-11H,1,3-6H2/t7-,8+/m1/s1. The van der Waals surface area contributed by atoms with Gasteiger partial charge in [0, 0.05) is 6.61 Å². The zero-order chi connectivity index (χ0) is 8.69. The van der Waals surface area contributed by atoms with Crippen molar-refractivity contribution in [1.82, 2.24) is 0 Å². The molecule has 0 bridgehead atoms. The number of allylic oxidation sites excluding steroid dienone is 1.